The number of benzene rings is 4. The van der Waals surface area contributed by atoms with Gasteiger partial charge in [-0.1, -0.05) is 79.7 Å². The van der Waals surface area contributed by atoms with Crippen LogP contribution in [0.1, 0.15) is 40.5 Å². The van der Waals surface area contributed by atoms with Crippen molar-refractivity contribution in [1.29, 1.82) is 0 Å². The van der Waals surface area contributed by atoms with Gasteiger partial charge in [0, 0.05) is 36.1 Å². The molecule has 240 valence electrons. The zero-order chi connectivity index (χ0) is 33.0. The molecule has 8 nitrogen and oxygen atoms in total. The fourth-order valence-electron chi connectivity index (χ4n) is 5.44. The highest BCUT2D eigenvalue weighted by Gasteiger charge is 2.23. The second-order valence-electron chi connectivity index (χ2n) is 11.1. The number of fused-ring (bicyclic) bond motifs is 1. The van der Waals surface area contributed by atoms with Gasteiger partial charge in [0.05, 0.1) is 16.7 Å². The normalized spacial score (nSPS) is 10.8. The Hall–Kier alpha value is -5.02. The number of hydrogen-bond acceptors (Lipinski definition) is 4. The summed E-state index contributed by atoms with van der Waals surface area (Å²) in [6.45, 7) is 3.82. The molecule has 5 rings (SSSR count). The minimum absolute atomic E-state index is 0.00593. The van der Waals surface area contributed by atoms with Crippen LogP contribution in [0, 0.1) is 0 Å². The van der Waals surface area contributed by atoms with E-state index in [2.05, 4.69) is 28.2 Å². The Morgan fingerprint density at radius 3 is 2.23 bits per heavy atom. The van der Waals surface area contributed by atoms with Crippen molar-refractivity contribution in [2.24, 2.45) is 0 Å². The highest BCUT2D eigenvalue weighted by Crippen LogP contribution is 2.23. The molecule has 1 aromatic heterocycles. The van der Waals surface area contributed by atoms with Gasteiger partial charge in [-0.2, -0.15) is 0 Å². The Bertz CT molecular complexity index is 1810. The summed E-state index contributed by atoms with van der Waals surface area (Å²) in [5.41, 5.74) is 2.54. The third-order valence-electron chi connectivity index (χ3n) is 7.67. The van der Waals surface area contributed by atoms with E-state index in [-0.39, 0.29) is 25.0 Å². The van der Waals surface area contributed by atoms with Crippen LogP contribution in [0.3, 0.4) is 0 Å². The molecule has 0 saturated carbocycles. The highest BCUT2D eigenvalue weighted by molar-refractivity contribution is 9.10. The molecule has 0 bridgehead atoms. The van der Waals surface area contributed by atoms with E-state index in [0.717, 1.165) is 33.9 Å². The first-order valence-corrected chi connectivity index (χ1v) is 16.5. The average molecular weight is 695 g/mol. The van der Waals surface area contributed by atoms with Crippen molar-refractivity contribution >= 4 is 56.0 Å². The van der Waals surface area contributed by atoms with Gasteiger partial charge in [0.1, 0.15) is 18.7 Å². The van der Waals surface area contributed by atoms with Crippen molar-refractivity contribution in [3.05, 3.63) is 137 Å². The molecule has 0 radical (unpaired) electrons. The molecule has 3 amide bonds. The van der Waals surface area contributed by atoms with E-state index in [1.165, 1.54) is 0 Å². The fourth-order valence-corrected chi connectivity index (χ4v) is 5.95. The third-order valence-corrected chi connectivity index (χ3v) is 8.10. The van der Waals surface area contributed by atoms with Crippen molar-refractivity contribution in [2.75, 3.05) is 36.5 Å². The van der Waals surface area contributed by atoms with E-state index >= 15 is 0 Å². The van der Waals surface area contributed by atoms with Crippen LogP contribution in [0.15, 0.2) is 126 Å². The minimum Gasteiger partial charge on any atom is -0.447 e. The van der Waals surface area contributed by atoms with Gasteiger partial charge in [0.2, 0.25) is 0 Å². The Labute approximate surface area is 283 Å². The number of aromatic nitrogens is 1. The van der Waals surface area contributed by atoms with E-state index in [1.807, 2.05) is 114 Å². The molecule has 5 aromatic rings. The number of amides is 3. The average Bonchev–Trinajstić information content (AvgIpc) is 3.09. The Balaban J connectivity index is 1.27. The molecule has 0 aliphatic rings. The molecule has 0 fully saturated rings. The second kappa shape index (κ2) is 16.5. The fraction of sp³-hybridized carbons (Fsp3) is 0.211. The van der Waals surface area contributed by atoms with Crippen molar-refractivity contribution in [1.82, 2.24) is 4.90 Å². The van der Waals surface area contributed by atoms with Gasteiger partial charge >= 0.3 is 6.09 Å². The number of pyridine rings is 1. The van der Waals surface area contributed by atoms with Gasteiger partial charge in [-0.25, -0.2) is 9.36 Å². The summed E-state index contributed by atoms with van der Waals surface area (Å²) in [5, 5.41) is 4.74. The molecule has 0 saturated heterocycles. The zero-order valence-electron chi connectivity index (χ0n) is 26.3. The molecule has 0 aliphatic heterocycles. The number of rotatable bonds is 13. The molecule has 9 heteroatoms. The molecule has 1 N–H and O–H groups in total. The lowest BCUT2D eigenvalue weighted by molar-refractivity contribution is -0.697. The van der Waals surface area contributed by atoms with E-state index in [4.69, 9.17) is 4.74 Å². The van der Waals surface area contributed by atoms with Crippen molar-refractivity contribution < 1.29 is 23.7 Å². The number of hydrogen-bond donors (Lipinski definition) is 1. The van der Waals surface area contributed by atoms with Gasteiger partial charge < -0.3 is 14.5 Å². The number of nitrogens with one attached hydrogen (secondary N) is 1. The Morgan fingerprint density at radius 1 is 0.766 bits per heavy atom. The summed E-state index contributed by atoms with van der Waals surface area (Å²) >= 11 is 3.55. The third kappa shape index (κ3) is 9.04. The number of aryl methyl sites for hydroxylation is 1. The maximum Gasteiger partial charge on any atom is 0.411 e. The summed E-state index contributed by atoms with van der Waals surface area (Å²) in [6, 6.07) is 33.9. The van der Waals surface area contributed by atoms with Gasteiger partial charge in [0.15, 0.2) is 12.4 Å². The van der Waals surface area contributed by atoms with Crippen molar-refractivity contribution in [3.8, 4) is 0 Å². The second-order valence-corrected chi connectivity index (χ2v) is 12.0. The monoisotopic (exact) mass is 693 g/mol. The predicted molar refractivity (Wildman–Crippen MR) is 189 cm³/mol. The summed E-state index contributed by atoms with van der Waals surface area (Å²) in [6.07, 6.45) is 4.69. The molecule has 47 heavy (non-hydrogen) atoms. The van der Waals surface area contributed by atoms with E-state index in [9.17, 15) is 14.4 Å². The summed E-state index contributed by atoms with van der Waals surface area (Å²) in [5.74, 6) is -0.300. The molecule has 0 unspecified atom stereocenters. The van der Waals surface area contributed by atoms with Crippen LogP contribution in [-0.2, 0) is 11.3 Å². The minimum atomic E-state index is -0.594. The van der Waals surface area contributed by atoms with Gasteiger partial charge in [-0.3, -0.25) is 14.9 Å². The Kier molecular flexibility index (Phi) is 11.7. The number of halogens is 1. The van der Waals surface area contributed by atoms with E-state index in [1.54, 1.807) is 21.9 Å². The number of anilines is 2. The molecule has 1 heterocycles. The molecule has 0 atom stereocenters. The van der Waals surface area contributed by atoms with E-state index < -0.39 is 6.09 Å². The lowest BCUT2D eigenvalue weighted by Crippen LogP contribution is -2.40. The van der Waals surface area contributed by atoms with E-state index in [0.29, 0.717) is 36.3 Å². The largest absolute Gasteiger partial charge is 0.447 e. The zero-order valence-corrected chi connectivity index (χ0v) is 27.9. The molecule has 4 aromatic carbocycles. The molecule has 0 aliphatic carbocycles. The lowest BCUT2D eigenvalue weighted by Gasteiger charge is -2.26. The van der Waals surface area contributed by atoms with Crippen LogP contribution in [0.2, 0.25) is 0 Å². The van der Waals surface area contributed by atoms with Crippen LogP contribution in [0.5, 0.6) is 0 Å². The van der Waals surface area contributed by atoms with Crippen LogP contribution in [0.4, 0.5) is 16.2 Å². The molecule has 0 spiro atoms. The van der Waals surface area contributed by atoms with Crippen LogP contribution >= 0.6 is 15.9 Å². The quantitative estimate of drug-likeness (QED) is 0.128. The SMILES string of the molecule is CCC[n+]1cc(Br)cc(C(=O)N(CCCN(CCOC(=O)Nc2cccc3ccccc23)C(=O)c2ccccc2)c2ccccc2)c1. The first-order chi connectivity index (χ1) is 22.9. The van der Waals surface area contributed by atoms with Crippen LogP contribution in [0.25, 0.3) is 10.8 Å². The predicted octanol–water partition coefficient (Wildman–Crippen LogP) is 7.73. The first-order valence-electron chi connectivity index (χ1n) is 15.8. The number of carbonyl (C=O) groups excluding carboxylic acids is 3. The summed E-state index contributed by atoms with van der Waals surface area (Å²) in [4.78, 5) is 43.7. The van der Waals surface area contributed by atoms with Crippen LogP contribution < -0.4 is 14.8 Å². The maximum absolute atomic E-state index is 13.9. The summed E-state index contributed by atoms with van der Waals surface area (Å²) < 4.78 is 8.37. The van der Waals surface area contributed by atoms with Gasteiger partial charge in [-0.15, -0.1) is 0 Å². The number of para-hydroxylation sites is 1. The smallest absolute Gasteiger partial charge is 0.411 e. The maximum atomic E-state index is 13.9. The summed E-state index contributed by atoms with van der Waals surface area (Å²) in [7, 11) is 0. The van der Waals surface area contributed by atoms with Crippen LogP contribution in [-0.4, -0.2) is 49.0 Å². The van der Waals surface area contributed by atoms with Crippen molar-refractivity contribution in [2.45, 2.75) is 26.3 Å². The first kappa shape index (κ1) is 33.3. The standard InChI is InChI=1S/C38H37BrN4O4/c1-2-21-41-27-31(26-32(39)28-41)37(45)43(33-17-7-4-8-18-33)23-12-22-42(36(44)30-14-5-3-6-15-30)24-25-47-38(46)40-35-20-11-16-29-13-9-10-19-34(29)35/h3-11,13-20,26-28H,2,12,21-25H2,1H3/p+1. The number of nitrogens with zero attached hydrogens (tertiary/aromatic N) is 3. The number of ether oxygens (including phenoxy) is 1. The number of carbonyl (C=O) groups is 3. The van der Waals surface area contributed by atoms with Gasteiger partial charge in [-0.05, 0) is 64.1 Å². The van der Waals surface area contributed by atoms with Crippen molar-refractivity contribution in [3.63, 3.8) is 0 Å². The molecular weight excluding hydrogens is 656 g/mol. The lowest BCUT2D eigenvalue weighted by atomic mass is 10.1. The Morgan fingerprint density at radius 2 is 1.47 bits per heavy atom. The van der Waals surface area contributed by atoms with Gasteiger partial charge in [0.25, 0.3) is 11.8 Å². The molecular formula is C38H38BrN4O4+. The highest BCUT2D eigenvalue weighted by atomic mass is 79.9. The topological polar surface area (TPSA) is 82.8 Å².